The molecule has 2 aliphatic heterocycles. The van der Waals surface area contributed by atoms with E-state index in [2.05, 4.69) is 25.8 Å². The molecule has 10 nitrogen and oxygen atoms in total. The Hall–Kier alpha value is -3.01. The average Bonchev–Trinajstić information content (AvgIpc) is 3.41. The summed E-state index contributed by atoms with van der Waals surface area (Å²) in [7, 11) is 0. The molecule has 1 aromatic rings. The van der Waals surface area contributed by atoms with Gasteiger partial charge in [-0.2, -0.15) is 0 Å². The van der Waals surface area contributed by atoms with Gasteiger partial charge in [-0.25, -0.2) is 9.97 Å². The van der Waals surface area contributed by atoms with Crippen LogP contribution in [0.5, 0.6) is 0 Å². The molecule has 2 fully saturated rings. The van der Waals surface area contributed by atoms with E-state index in [4.69, 9.17) is 9.84 Å². The number of amides is 1. The summed E-state index contributed by atoms with van der Waals surface area (Å²) in [5.74, 6) is 0.311. The number of aliphatic carboxylic acids is 1. The number of hydrogen-bond donors (Lipinski definition) is 1. The number of hydrogen-bond acceptors (Lipinski definition) is 8. The van der Waals surface area contributed by atoms with Crippen LogP contribution in [-0.2, 0) is 19.1 Å². The molecule has 0 bridgehead atoms. The third-order valence-electron chi connectivity index (χ3n) is 8.65. The van der Waals surface area contributed by atoms with Gasteiger partial charge < -0.3 is 14.7 Å². The molecule has 1 saturated heterocycles. The van der Waals surface area contributed by atoms with Gasteiger partial charge in [0.1, 0.15) is 0 Å². The van der Waals surface area contributed by atoms with E-state index in [-0.39, 0.29) is 23.7 Å². The monoisotopic (exact) mass is 569 g/mol. The predicted octanol–water partition coefficient (Wildman–Crippen LogP) is 4.76. The van der Waals surface area contributed by atoms with Gasteiger partial charge in [0.25, 0.3) is 0 Å². The summed E-state index contributed by atoms with van der Waals surface area (Å²) in [5, 5.41) is 8.72. The molecule has 3 aliphatic rings. The van der Waals surface area contributed by atoms with E-state index in [0.29, 0.717) is 31.7 Å². The summed E-state index contributed by atoms with van der Waals surface area (Å²) in [5.41, 5.74) is -0.151. The Morgan fingerprint density at radius 2 is 1.49 bits per heavy atom. The summed E-state index contributed by atoms with van der Waals surface area (Å²) >= 11 is 0. The molecule has 1 N–H and O–H groups in total. The Morgan fingerprint density at radius 1 is 0.854 bits per heavy atom. The summed E-state index contributed by atoms with van der Waals surface area (Å²) in [6, 6.07) is 1.83. The Balaban J connectivity index is 1.19. The normalized spacial score (nSPS) is 19.0. The highest BCUT2D eigenvalue weighted by molar-refractivity contribution is 5.81. The van der Waals surface area contributed by atoms with Crippen LogP contribution < -0.4 is 4.90 Å². The van der Waals surface area contributed by atoms with Crippen molar-refractivity contribution in [3.8, 4) is 0 Å². The smallest absolute Gasteiger partial charge is 0.312 e. The number of esters is 1. The zero-order valence-corrected chi connectivity index (χ0v) is 24.5. The summed E-state index contributed by atoms with van der Waals surface area (Å²) in [4.78, 5) is 51.7. The molecule has 41 heavy (non-hydrogen) atoms. The van der Waals surface area contributed by atoms with Crippen molar-refractivity contribution >= 4 is 23.8 Å². The van der Waals surface area contributed by atoms with Crippen molar-refractivity contribution in [1.82, 2.24) is 19.8 Å². The Labute approximate surface area is 244 Å². The number of aromatic nitrogens is 2. The second-order valence-corrected chi connectivity index (χ2v) is 11.8. The van der Waals surface area contributed by atoms with Crippen LogP contribution in [0.2, 0.25) is 0 Å². The van der Waals surface area contributed by atoms with Gasteiger partial charge in [0.2, 0.25) is 17.7 Å². The number of carbonyl (C=O) groups excluding carboxylic acids is 2. The lowest BCUT2D eigenvalue weighted by molar-refractivity contribution is -0.147. The van der Waals surface area contributed by atoms with Crippen LogP contribution >= 0.6 is 0 Å². The molecule has 10 heteroatoms. The number of nitrogens with zero attached hydrogens (tertiary/aromatic N) is 5. The quantitative estimate of drug-likeness (QED) is 0.222. The summed E-state index contributed by atoms with van der Waals surface area (Å²) < 4.78 is 5.87. The van der Waals surface area contributed by atoms with Gasteiger partial charge in [0.05, 0.1) is 0 Å². The van der Waals surface area contributed by atoms with Gasteiger partial charge in [-0.05, 0) is 57.2 Å². The molecule has 1 amide bonds. The second kappa shape index (κ2) is 15.8. The van der Waals surface area contributed by atoms with Gasteiger partial charge in [-0.3, -0.25) is 24.2 Å². The van der Waals surface area contributed by atoms with Crippen molar-refractivity contribution in [3.63, 3.8) is 0 Å². The largest absolute Gasteiger partial charge is 0.481 e. The Bertz CT molecular complexity index is 1020. The van der Waals surface area contributed by atoms with Crippen LogP contribution in [0.4, 0.5) is 5.95 Å². The number of ether oxygens (including phenoxy) is 1. The minimum Gasteiger partial charge on any atom is -0.481 e. The highest BCUT2D eigenvalue weighted by Crippen LogP contribution is 2.46. The average molecular weight is 570 g/mol. The molecule has 3 heterocycles. The molecule has 0 aromatic carbocycles. The molecule has 226 valence electrons. The number of anilines is 1. The van der Waals surface area contributed by atoms with E-state index in [1.165, 1.54) is 0 Å². The molecule has 1 aliphatic carbocycles. The number of rotatable bonds is 16. The maximum Gasteiger partial charge on any atom is 0.312 e. The van der Waals surface area contributed by atoms with E-state index in [1.807, 2.05) is 6.07 Å². The number of piperazine rings is 1. The fourth-order valence-corrected chi connectivity index (χ4v) is 6.28. The van der Waals surface area contributed by atoms with Crippen molar-refractivity contribution in [2.75, 3.05) is 44.2 Å². The fourth-order valence-electron chi connectivity index (χ4n) is 6.28. The van der Waals surface area contributed by atoms with Crippen LogP contribution in [0.15, 0.2) is 30.4 Å². The SMILES string of the molecule is O=C(O)CCCCCCCCC(=O)OC1=CC2(CCCC2)CC(=O)N1CCCCN1CCN(c2ncccn2)CC1. The van der Waals surface area contributed by atoms with Crippen molar-refractivity contribution in [1.29, 1.82) is 0 Å². The van der Waals surface area contributed by atoms with E-state index in [9.17, 15) is 14.4 Å². The first kappa shape index (κ1) is 30.9. The van der Waals surface area contributed by atoms with Gasteiger partial charge in [0.15, 0.2) is 0 Å². The molecular weight excluding hydrogens is 522 g/mol. The van der Waals surface area contributed by atoms with Crippen LogP contribution in [0.3, 0.4) is 0 Å². The zero-order chi connectivity index (χ0) is 28.9. The van der Waals surface area contributed by atoms with Crippen LogP contribution in [0, 0.1) is 5.41 Å². The zero-order valence-electron chi connectivity index (χ0n) is 24.5. The maximum atomic E-state index is 13.3. The highest BCUT2D eigenvalue weighted by Gasteiger charge is 2.41. The van der Waals surface area contributed by atoms with Gasteiger partial charge in [-0.1, -0.05) is 38.5 Å². The number of unbranched alkanes of at least 4 members (excludes halogenated alkanes) is 6. The van der Waals surface area contributed by atoms with Crippen molar-refractivity contribution in [2.45, 2.75) is 96.3 Å². The first-order valence-electron chi connectivity index (χ1n) is 15.6. The summed E-state index contributed by atoms with van der Waals surface area (Å²) in [6.45, 7) is 5.30. The first-order chi connectivity index (χ1) is 19.9. The lowest BCUT2D eigenvalue weighted by atomic mass is 9.80. The standard InChI is InChI=1S/C31H47N5O5/c37-26-24-31(14-7-8-15-31)25-27(41-29(40)13-6-4-2-1-3-5-12-28(38)39)36(26)19-10-9-18-34-20-22-35(23-21-34)30-32-16-11-17-33-30/h11,16-17,25H,1-10,12-15,18-24H2,(H,38,39). The van der Waals surface area contributed by atoms with Crippen LogP contribution in [0.1, 0.15) is 96.3 Å². The number of carbonyl (C=O) groups is 3. The molecule has 1 saturated carbocycles. The highest BCUT2D eigenvalue weighted by atomic mass is 16.6. The maximum absolute atomic E-state index is 13.3. The van der Waals surface area contributed by atoms with Gasteiger partial charge >= 0.3 is 11.9 Å². The lowest BCUT2D eigenvalue weighted by Gasteiger charge is -2.37. The van der Waals surface area contributed by atoms with E-state index < -0.39 is 5.97 Å². The molecule has 1 aromatic heterocycles. The molecule has 0 atom stereocenters. The number of carboxylic acids is 1. The second-order valence-electron chi connectivity index (χ2n) is 11.8. The minimum absolute atomic E-state index is 0.0787. The Morgan fingerprint density at radius 3 is 2.17 bits per heavy atom. The van der Waals surface area contributed by atoms with Crippen LogP contribution in [0.25, 0.3) is 0 Å². The number of allylic oxidation sites excluding steroid dienone is 1. The van der Waals surface area contributed by atoms with Crippen molar-refractivity contribution in [2.24, 2.45) is 5.41 Å². The molecule has 1 spiro atoms. The van der Waals surface area contributed by atoms with Crippen molar-refractivity contribution < 1.29 is 24.2 Å². The predicted molar refractivity (Wildman–Crippen MR) is 156 cm³/mol. The summed E-state index contributed by atoms with van der Waals surface area (Å²) in [6.07, 6.45) is 18.0. The molecule has 0 radical (unpaired) electrons. The first-order valence-corrected chi connectivity index (χ1v) is 15.6. The molecule has 0 unspecified atom stereocenters. The Kier molecular flexibility index (Phi) is 12.0. The van der Waals surface area contributed by atoms with E-state index >= 15 is 0 Å². The third kappa shape index (κ3) is 9.80. The van der Waals surface area contributed by atoms with E-state index in [1.54, 1.807) is 17.3 Å². The third-order valence-corrected chi connectivity index (χ3v) is 8.65. The molecule has 4 rings (SSSR count). The van der Waals surface area contributed by atoms with Crippen LogP contribution in [-0.4, -0.2) is 82.0 Å². The number of carboxylic acid groups (broad SMARTS) is 1. The van der Waals surface area contributed by atoms with Crippen molar-refractivity contribution in [3.05, 3.63) is 30.4 Å². The van der Waals surface area contributed by atoms with Gasteiger partial charge in [0, 0.05) is 69.8 Å². The lowest BCUT2D eigenvalue weighted by Crippen LogP contribution is -2.47. The van der Waals surface area contributed by atoms with E-state index in [0.717, 1.165) is 109 Å². The molecular formula is C31H47N5O5. The fraction of sp³-hybridized carbons (Fsp3) is 0.710. The minimum atomic E-state index is -0.745. The van der Waals surface area contributed by atoms with Gasteiger partial charge in [-0.15, -0.1) is 0 Å². The topological polar surface area (TPSA) is 116 Å².